The fourth-order valence-corrected chi connectivity index (χ4v) is 7.91. The van der Waals surface area contributed by atoms with Gasteiger partial charge in [-0.1, -0.05) is 44.0 Å². The molecule has 228 valence electrons. The molecule has 1 aliphatic heterocycles. The van der Waals surface area contributed by atoms with Crippen molar-refractivity contribution in [2.24, 2.45) is 5.41 Å². The molecule has 1 unspecified atom stereocenters. The van der Waals surface area contributed by atoms with E-state index < -0.39 is 27.4 Å². The van der Waals surface area contributed by atoms with Crippen LogP contribution in [0.25, 0.3) is 16.7 Å². The molecule has 0 amide bonds. The topological polar surface area (TPSA) is 121 Å². The molecule has 2 aromatic heterocycles. The van der Waals surface area contributed by atoms with Gasteiger partial charge in [0.15, 0.2) is 5.82 Å². The Bertz CT molecular complexity index is 1710. The quantitative estimate of drug-likeness (QED) is 0.218. The second kappa shape index (κ2) is 12.3. The largest absolute Gasteiger partial charge is 0.480 e. The number of carboxylic acids is 1. The lowest BCUT2D eigenvalue weighted by molar-refractivity contribution is -0.140. The summed E-state index contributed by atoms with van der Waals surface area (Å²) in [6, 6.07) is 13.0. The normalized spacial score (nSPS) is 15.1. The number of carboxylic acid groups (broad SMARTS) is 1. The summed E-state index contributed by atoms with van der Waals surface area (Å²) >= 11 is 12.3. The fourth-order valence-electron chi connectivity index (χ4n) is 5.40. The Balaban J connectivity index is 1.48. The molecule has 5 rings (SSSR count). The number of likely N-dealkylation sites (tertiary alicyclic amines) is 1. The van der Waals surface area contributed by atoms with Gasteiger partial charge in [0, 0.05) is 34.7 Å². The summed E-state index contributed by atoms with van der Waals surface area (Å²) in [4.78, 5) is 14.8. The first-order chi connectivity index (χ1) is 20.3. The maximum absolute atomic E-state index is 14.1. The van der Waals surface area contributed by atoms with Gasteiger partial charge in [-0.25, -0.2) is 13.2 Å². The van der Waals surface area contributed by atoms with Crippen molar-refractivity contribution < 1.29 is 18.3 Å². The Morgan fingerprint density at radius 2 is 1.72 bits per heavy atom. The van der Waals surface area contributed by atoms with Gasteiger partial charge in [-0.2, -0.15) is 0 Å². The van der Waals surface area contributed by atoms with E-state index >= 15 is 0 Å². The Kier molecular flexibility index (Phi) is 8.89. The SMILES string of the molecule is CC(C)(C)C(C(=O)O)N(c1ccc2c(ccn2-c2ccc(NCCN3CCCC3)nn2)c1)S(=O)(=O)c1cc(Cl)cc(Cl)c1. The van der Waals surface area contributed by atoms with Crippen LogP contribution in [0.3, 0.4) is 0 Å². The molecule has 43 heavy (non-hydrogen) atoms. The van der Waals surface area contributed by atoms with Crippen LogP contribution in [0, 0.1) is 5.41 Å². The standard InChI is InChI=1S/C30H34Cl2N6O4S/c1-30(2,3)28(29(39)40)38(43(41,42)24-18-21(31)17-22(32)19-24)23-6-7-25-20(16-23)10-14-37(25)27-9-8-26(34-35-27)33-11-15-36-12-4-5-13-36/h6-10,14,16-19,28H,4-5,11-13,15H2,1-3H3,(H,33,34)(H,39,40). The Labute approximate surface area is 261 Å². The monoisotopic (exact) mass is 644 g/mol. The van der Waals surface area contributed by atoms with E-state index in [0.717, 1.165) is 36.0 Å². The Hall–Kier alpha value is -3.38. The smallest absolute Gasteiger partial charge is 0.328 e. The fraction of sp³-hybridized carbons (Fsp3) is 0.367. The lowest BCUT2D eigenvalue weighted by atomic mass is 9.86. The van der Waals surface area contributed by atoms with Crippen molar-refractivity contribution in [3.8, 4) is 5.82 Å². The highest BCUT2D eigenvalue weighted by Crippen LogP contribution is 2.37. The van der Waals surface area contributed by atoms with Crippen molar-refractivity contribution in [3.05, 3.63) is 70.8 Å². The van der Waals surface area contributed by atoms with Gasteiger partial charge in [-0.05, 0) is 85.9 Å². The van der Waals surface area contributed by atoms with Gasteiger partial charge in [0.25, 0.3) is 10.0 Å². The zero-order valence-electron chi connectivity index (χ0n) is 24.2. The molecule has 0 aliphatic carbocycles. The second-order valence-electron chi connectivity index (χ2n) is 11.7. The van der Waals surface area contributed by atoms with Gasteiger partial charge in [0.1, 0.15) is 11.9 Å². The number of benzene rings is 2. The first kappa shape index (κ1) is 31.1. The summed E-state index contributed by atoms with van der Waals surface area (Å²) in [7, 11) is -4.41. The maximum Gasteiger partial charge on any atom is 0.328 e. The second-order valence-corrected chi connectivity index (χ2v) is 14.4. The number of sulfonamides is 1. The van der Waals surface area contributed by atoms with Crippen LogP contribution >= 0.6 is 23.2 Å². The predicted octanol–water partition coefficient (Wildman–Crippen LogP) is 5.93. The third kappa shape index (κ3) is 6.75. The van der Waals surface area contributed by atoms with E-state index in [1.54, 1.807) is 39.0 Å². The summed E-state index contributed by atoms with van der Waals surface area (Å²) in [5, 5.41) is 23.2. The Morgan fingerprint density at radius 1 is 1.02 bits per heavy atom. The zero-order chi connectivity index (χ0) is 30.9. The number of carbonyl (C=O) groups is 1. The zero-order valence-corrected chi connectivity index (χ0v) is 26.5. The number of aliphatic carboxylic acids is 1. The van der Waals surface area contributed by atoms with Crippen LogP contribution in [0.15, 0.2) is 65.7 Å². The highest BCUT2D eigenvalue weighted by molar-refractivity contribution is 7.93. The maximum atomic E-state index is 14.1. The first-order valence-corrected chi connectivity index (χ1v) is 16.2. The molecule has 0 bridgehead atoms. The molecule has 10 nitrogen and oxygen atoms in total. The van der Waals surface area contributed by atoms with Crippen molar-refractivity contribution >= 4 is 61.6 Å². The number of rotatable bonds is 10. The molecule has 0 saturated carbocycles. The summed E-state index contributed by atoms with van der Waals surface area (Å²) in [6.07, 6.45) is 4.32. The van der Waals surface area contributed by atoms with Crippen LogP contribution < -0.4 is 9.62 Å². The number of hydrogen-bond acceptors (Lipinski definition) is 7. The van der Waals surface area contributed by atoms with Gasteiger partial charge in [0.05, 0.1) is 16.1 Å². The predicted molar refractivity (Wildman–Crippen MR) is 170 cm³/mol. The van der Waals surface area contributed by atoms with Crippen molar-refractivity contribution in [2.45, 2.75) is 44.6 Å². The van der Waals surface area contributed by atoms with Crippen LogP contribution in [0.2, 0.25) is 10.0 Å². The molecule has 1 atom stereocenters. The van der Waals surface area contributed by atoms with Gasteiger partial charge in [0.2, 0.25) is 0 Å². The van der Waals surface area contributed by atoms with Crippen LogP contribution in [-0.2, 0) is 14.8 Å². The van der Waals surface area contributed by atoms with Crippen LogP contribution in [0.1, 0.15) is 33.6 Å². The number of anilines is 2. The third-order valence-corrected chi connectivity index (χ3v) is 9.65. The molecular weight excluding hydrogens is 611 g/mol. The lowest BCUT2D eigenvalue weighted by Crippen LogP contribution is -2.52. The number of halogens is 2. The van der Waals surface area contributed by atoms with Crippen LogP contribution in [0.4, 0.5) is 11.5 Å². The van der Waals surface area contributed by atoms with E-state index in [-0.39, 0.29) is 20.6 Å². The molecule has 13 heteroatoms. The number of aromatic nitrogens is 3. The molecule has 4 aromatic rings. The summed E-state index contributed by atoms with van der Waals surface area (Å²) in [5.74, 6) is -0.0131. The van der Waals surface area contributed by atoms with Crippen molar-refractivity contribution in [1.29, 1.82) is 0 Å². The minimum atomic E-state index is -4.41. The van der Waals surface area contributed by atoms with Crippen molar-refractivity contribution in [3.63, 3.8) is 0 Å². The van der Waals surface area contributed by atoms with E-state index in [4.69, 9.17) is 23.2 Å². The molecule has 0 radical (unpaired) electrons. The van der Waals surface area contributed by atoms with E-state index in [0.29, 0.717) is 17.0 Å². The molecule has 0 spiro atoms. The number of hydrogen-bond donors (Lipinski definition) is 2. The number of nitrogens with one attached hydrogen (secondary N) is 1. The summed E-state index contributed by atoms with van der Waals surface area (Å²) < 4.78 is 31.0. The molecular formula is C30H34Cl2N6O4S. The molecule has 1 aliphatic rings. The molecule has 1 fully saturated rings. The Morgan fingerprint density at radius 3 is 2.33 bits per heavy atom. The van der Waals surface area contributed by atoms with E-state index in [1.165, 1.54) is 31.0 Å². The third-order valence-electron chi connectivity index (χ3n) is 7.44. The number of nitrogens with zero attached hydrogens (tertiary/aromatic N) is 5. The van der Waals surface area contributed by atoms with Crippen molar-refractivity contribution in [2.75, 3.05) is 35.8 Å². The average Bonchev–Trinajstić information content (AvgIpc) is 3.60. The van der Waals surface area contributed by atoms with Gasteiger partial charge in [-0.3, -0.25) is 8.87 Å². The highest BCUT2D eigenvalue weighted by Gasteiger charge is 2.43. The van der Waals surface area contributed by atoms with Crippen LogP contribution in [0.5, 0.6) is 0 Å². The lowest BCUT2D eigenvalue weighted by Gasteiger charge is -2.37. The first-order valence-electron chi connectivity index (χ1n) is 14.0. The van der Waals surface area contributed by atoms with Gasteiger partial charge >= 0.3 is 5.97 Å². The summed E-state index contributed by atoms with van der Waals surface area (Å²) in [5.41, 5.74) is -0.0342. The molecule has 3 heterocycles. The van der Waals surface area contributed by atoms with E-state index in [9.17, 15) is 18.3 Å². The molecule has 2 aromatic carbocycles. The van der Waals surface area contributed by atoms with E-state index in [2.05, 4.69) is 20.4 Å². The average molecular weight is 646 g/mol. The molecule has 1 saturated heterocycles. The van der Waals surface area contributed by atoms with Gasteiger partial charge in [-0.15, -0.1) is 10.2 Å². The van der Waals surface area contributed by atoms with Crippen molar-refractivity contribution in [1.82, 2.24) is 19.7 Å². The molecule has 2 N–H and O–H groups in total. The van der Waals surface area contributed by atoms with Gasteiger partial charge < -0.3 is 15.3 Å². The van der Waals surface area contributed by atoms with E-state index in [1.807, 2.05) is 29.0 Å². The highest BCUT2D eigenvalue weighted by atomic mass is 35.5. The summed E-state index contributed by atoms with van der Waals surface area (Å²) in [6.45, 7) is 9.06. The minimum Gasteiger partial charge on any atom is -0.480 e. The van der Waals surface area contributed by atoms with Crippen LogP contribution in [-0.4, -0.2) is 71.4 Å². The minimum absolute atomic E-state index is 0.120. The number of fused-ring (bicyclic) bond motifs is 1.